The first-order valence-corrected chi connectivity index (χ1v) is 7.14. The van der Waals surface area contributed by atoms with Crippen LogP contribution in [0.1, 0.15) is 39.2 Å². The molecule has 0 heterocycles. The minimum atomic E-state index is -0.978. The van der Waals surface area contributed by atoms with E-state index in [4.69, 9.17) is 4.74 Å². The minimum Gasteiger partial charge on any atom is -0.493 e. The first-order valence-electron chi connectivity index (χ1n) is 7.14. The molecule has 0 saturated carbocycles. The van der Waals surface area contributed by atoms with Gasteiger partial charge in [-0.1, -0.05) is 6.07 Å². The topological polar surface area (TPSA) is 58.6 Å². The molecule has 118 valence electrons. The molecule has 1 atom stereocenters. The maximum absolute atomic E-state index is 13.1. The summed E-state index contributed by atoms with van der Waals surface area (Å²) in [7, 11) is 0. The van der Waals surface area contributed by atoms with Gasteiger partial charge < -0.3 is 9.84 Å². The van der Waals surface area contributed by atoms with E-state index in [1.807, 2.05) is 20.8 Å². The Kier molecular flexibility index (Phi) is 6.15. The van der Waals surface area contributed by atoms with Gasteiger partial charge in [-0.3, -0.25) is 10.1 Å². The first kappa shape index (κ1) is 17.4. The van der Waals surface area contributed by atoms with Gasteiger partial charge in [-0.05, 0) is 52.2 Å². The maximum atomic E-state index is 13.1. The van der Waals surface area contributed by atoms with Crippen molar-refractivity contribution in [3.63, 3.8) is 0 Å². The Labute approximate surface area is 125 Å². The molecule has 1 unspecified atom stereocenters. The number of halogens is 1. The molecule has 0 aromatic heterocycles. The van der Waals surface area contributed by atoms with Crippen LogP contribution in [-0.4, -0.2) is 29.3 Å². The van der Waals surface area contributed by atoms with E-state index in [0.29, 0.717) is 25.2 Å². The minimum absolute atomic E-state index is 0.0810. The van der Waals surface area contributed by atoms with Crippen LogP contribution in [0.5, 0.6) is 5.75 Å². The van der Waals surface area contributed by atoms with Crippen LogP contribution < -0.4 is 10.1 Å². The summed E-state index contributed by atoms with van der Waals surface area (Å²) in [6.45, 7) is 7.69. The molecular formula is C16H24FNO3. The molecule has 0 radical (unpaired) electrons. The monoisotopic (exact) mass is 297 g/mol. The Balaban J connectivity index is 2.51. The summed E-state index contributed by atoms with van der Waals surface area (Å²) in [4.78, 5) is 11.4. The van der Waals surface area contributed by atoms with Crippen molar-refractivity contribution in [2.75, 3.05) is 6.61 Å². The Morgan fingerprint density at radius 3 is 2.71 bits per heavy atom. The molecule has 0 fully saturated rings. The molecule has 5 heteroatoms. The van der Waals surface area contributed by atoms with Crippen LogP contribution in [0.25, 0.3) is 0 Å². The first-order chi connectivity index (χ1) is 9.74. The Morgan fingerprint density at radius 2 is 2.14 bits per heavy atom. The highest BCUT2D eigenvalue weighted by atomic mass is 19.1. The van der Waals surface area contributed by atoms with Crippen LogP contribution in [0.4, 0.5) is 4.39 Å². The van der Waals surface area contributed by atoms with Gasteiger partial charge in [0.25, 0.3) is 0 Å². The quantitative estimate of drug-likeness (QED) is 0.724. The van der Waals surface area contributed by atoms with Crippen molar-refractivity contribution in [1.29, 1.82) is 0 Å². The second-order valence-corrected chi connectivity index (χ2v) is 5.80. The van der Waals surface area contributed by atoms with Gasteiger partial charge in [-0.2, -0.15) is 0 Å². The van der Waals surface area contributed by atoms with E-state index in [0.717, 1.165) is 5.56 Å². The molecule has 2 N–H and O–H groups in total. The zero-order valence-electron chi connectivity index (χ0n) is 13.1. The number of carboxylic acid groups (broad SMARTS) is 1. The second kappa shape index (κ2) is 7.41. The Hall–Kier alpha value is -1.62. The summed E-state index contributed by atoms with van der Waals surface area (Å²) in [5, 5.41) is 12.4. The second-order valence-electron chi connectivity index (χ2n) is 5.80. The lowest BCUT2D eigenvalue weighted by Gasteiger charge is -2.28. The molecule has 4 nitrogen and oxygen atoms in total. The molecule has 1 aromatic rings. The summed E-state index contributed by atoms with van der Waals surface area (Å²) < 4.78 is 18.7. The molecule has 1 rings (SSSR count). The van der Waals surface area contributed by atoms with E-state index in [1.165, 1.54) is 12.1 Å². The van der Waals surface area contributed by atoms with Crippen molar-refractivity contribution >= 4 is 5.97 Å². The van der Waals surface area contributed by atoms with Crippen LogP contribution in [0, 0.1) is 12.7 Å². The molecule has 0 saturated heterocycles. The molecule has 0 aliphatic carbocycles. The Bertz CT molecular complexity index is 490. The molecule has 0 aliphatic rings. The molecule has 0 bridgehead atoms. The molecular weight excluding hydrogens is 273 g/mol. The van der Waals surface area contributed by atoms with Gasteiger partial charge in [0, 0.05) is 12.1 Å². The molecule has 0 aliphatic heterocycles. The predicted octanol–water partition coefficient (Wildman–Crippen LogP) is 3.13. The van der Waals surface area contributed by atoms with E-state index in [-0.39, 0.29) is 11.9 Å². The average molecular weight is 297 g/mol. The van der Waals surface area contributed by atoms with E-state index >= 15 is 0 Å². The van der Waals surface area contributed by atoms with Gasteiger partial charge in [0.1, 0.15) is 17.1 Å². The van der Waals surface area contributed by atoms with Crippen molar-refractivity contribution in [1.82, 2.24) is 5.32 Å². The number of carboxylic acids is 1. The van der Waals surface area contributed by atoms with Crippen LogP contribution in [0.3, 0.4) is 0 Å². The number of aryl methyl sites for hydroxylation is 1. The van der Waals surface area contributed by atoms with Gasteiger partial charge in [-0.25, -0.2) is 4.39 Å². The van der Waals surface area contributed by atoms with Crippen LogP contribution in [-0.2, 0) is 4.79 Å². The van der Waals surface area contributed by atoms with Crippen molar-refractivity contribution < 1.29 is 19.0 Å². The number of hydrogen-bond donors (Lipinski definition) is 2. The molecule has 21 heavy (non-hydrogen) atoms. The standard InChI is InChI=1S/C16H24FNO3/c1-11(2)18-16(4,15(19)20)8-5-9-21-14-10-13(17)7-6-12(14)3/h6-7,10-11,18H,5,8-9H2,1-4H3,(H,19,20). The summed E-state index contributed by atoms with van der Waals surface area (Å²) >= 11 is 0. The van der Waals surface area contributed by atoms with Crippen LogP contribution in [0.15, 0.2) is 18.2 Å². The predicted molar refractivity (Wildman–Crippen MR) is 80.2 cm³/mol. The van der Waals surface area contributed by atoms with Gasteiger partial charge in [-0.15, -0.1) is 0 Å². The largest absolute Gasteiger partial charge is 0.493 e. The lowest BCUT2D eigenvalue weighted by molar-refractivity contribution is -0.144. The fourth-order valence-corrected chi connectivity index (χ4v) is 2.22. The fourth-order valence-electron chi connectivity index (χ4n) is 2.22. The summed E-state index contributed by atoms with van der Waals surface area (Å²) in [5.74, 6) is -0.713. The lowest BCUT2D eigenvalue weighted by atomic mass is 9.95. The van der Waals surface area contributed by atoms with Crippen molar-refractivity contribution in [2.45, 2.75) is 52.1 Å². The van der Waals surface area contributed by atoms with Gasteiger partial charge in [0.2, 0.25) is 0 Å². The van der Waals surface area contributed by atoms with Gasteiger partial charge >= 0.3 is 5.97 Å². The average Bonchev–Trinajstić information content (AvgIpc) is 2.37. The maximum Gasteiger partial charge on any atom is 0.323 e. The SMILES string of the molecule is Cc1ccc(F)cc1OCCCC(C)(NC(C)C)C(=O)O. The lowest BCUT2D eigenvalue weighted by Crippen LogP contribution is -2.52. The highest BCUT2D eigenvalue weighted by Gasteiger charge is 2.32. The third-order valence-electron chi connectivity index (χ3n) is 3.31. The number of benzene rings is 1. The molecule has 1 aromatic carbocycles. The number of nitrogens with one attached hydrogen (secondary N) is 1. The third-order valence-corrected chi connectivity index (χ3v) is 3.31. The highest BCUT2D eigenvalue weighted by molar-refractivity contribution is 5.78. The van der Waals surface area contributed by atoms with Crippen molar-refractivity contribution in [2.24, 2.45) is 0 Å². The van der Waals surface area contributed by atoms with E-state index in [1.54, 1.807) is 13.0 Å². The smallest absolute Gasteiger partial charge is 0.323 e. The number of hydrogen-bond acceptors (Lipinski definition) is 3. The van der Waals surface area contributed by atoms with E-state index in [9.17, 15) is 14.3 Å². The number of aliphatic carboxylic acids is 1. The molecule has 0 spiro atoms. The van der Waals surface area contributed by atoms with E-state index in [2.05, 4.69) is 5.32 Å². The summed E-state index contributed by atoms with van der Waals surface area (Å²) in [5.41, 5.74) is -0.119. The Morgan fingerprint density at radius 1 is 1.48 bits per heavy atom. The number of rotatable bonds is 8. The zero-order chi connectivity index (χ0) is 16.0. The zero-order valence-corrected chi connectivity index (χ0v) is 13.1. The number of ether oxygens (including phenoxy) is 1. The van der Waals surface area contributed by atoms with Crippen LogP contribution >= 0.6 is 0 Å². The number of carbonyl (C=O) groups is 1. The third kappa shape index (κ3) is 5.34. The van der Waals surface area contributed by atoms with Gasteiger partial charge in [0.15, 0.2) is 0 Å². The highest BCUT2D eigenvalue weighted by Crippen LogP contribution is 2.20. The fraction of sp³-hybridized carbons (Fsp3) is 0.562. The normalized spacial score (nSPS) is 14.0. The van der Waals surface area contributed by atoms with Crippen LogP contribution in [0.2, 0.25) is 0 Å². The van der Waals surface area contributed by atoms with Crippen molar-refractivity contribution in [3.05, 3.63) is 29.6 Å². The van der Waals surface area contributed by atoms with E-state index < -0.39 is 11.5 Å². The van der Waals surface area contributed by atoms with Gasteiger partial charge in [0.05, 0.1) is 6.61 Å². The molecule has 0 amide bonds. The van der Waals surface area contributed by atoms with Crippen molar-refractivity contribution in [3.8, 4) is 5.75 Å². The summed E-state index contributed by atoms with van der Waals surface area (Å²) in [6, 6.07) is 4.47. The summed E-state index contributed by atoms with van der Waals surface area (Å²) in [6.07, 6.45) is 1.01.